The lowest BCUT2D eigenvalue weighted by Gasteiger charge is -2.41. The fourth-order valence-electron chi connectivity index (χ4n) is 5.54. The van der Waals surface area contributed by atoms with Gasteiger partial charge in [-0.3, -0.25) is 4.79 Å². The number of sulfonamides is 1. The third-order valence-electron chi connectivity index (χ3n) is 7.14. The van der Waals surface area contributed by atoms with Crippen LogP contribution >= 0.6 is 0 Å². The van der Waals surface area contributed by atoms with E-state index in [0.29, 0.717) is 34.8 Å². The van der Waals surface area contributed by atoms with Crippen LogP contribution in [0.5, 0.6) is 0 Å². The maximum atomic E-state index is 13.6. The van der Waals surface area contributed by atoms with E-state index in [0.717, 1.165) is 11.1 Å². The molecule has 0 bridgehead atoms. The van der Waals surface area contributed by atoms with Crippen LogP contribution in [0.3, 0.4) is 0 Å². The minimum absolute atomic E-state index is 0.0240. The molecule has 5 nitrogen and oxygen atoms in total. The summed E-state index contributed by atoms with van der Waals surface area (Å²) < 4.78 is 35.3. The van der Waals surface area contributed by atoms with Crippen LogP contribution in [-0.2, 0) is 14.8 Å². The van der Waals surface area contributed by atoms with Crippen molar-refractivity contribution in [3.8, 4) is 0 Å². The lowest BCUT2D eigenvalue weighted by Crippen LogP contribution is -2.44. The zero-order valence-electron chi connectivity index (χ0n) is 18.3. The molecule has 1 unspecified atom stereocenters. The standard InChI is InChI=1S/C25H27NO4S/c1-5-20-21-19(14-26(20)31(28,29)16-12-10-15(2)11-13-16)25(3,4)30-24-18-9-7-6-8-17(18)23(27)22(21)24/h6-13,19-21H,5,14H2,1-4H3/t19-,20?,21+/m0/s1. The molecular formula is C25H27NO4S. The molecule has 0 amide bonds. The molecule has 2 heterocycles. The number of aryl methyl sites for hydroxylation is 1. The number of ether oxygens (including phenoxy) is 1. The molecule has 2 aromatic rings. The van der Waals surface area contributed by atoms with Gasteiger partial charge in [0.2, 0.25) is 10.0 Å². The second-order valence-electron chi connectivity index (χ2n) is 9.32. The summed E-state index contributed by atoms with van der Waals surface area (Å²) in [7, 11) is -3.69. The molecule has 1 aliphatic carbocycles. The number of fused-ring (bicyclic) bond motifs is 4. The van der Waals surface area contributed by atoms with Gasteiger partial charge in [-0.1, -0.05) is 48.9 Å². The highest BCUT2D eigenvalue weighted by Gasteiger charge is 2.59. The number of nitrogens with zero attached hydrogens (tertiary/aromatic N) is 1. The van der Waals surface area contributed by atoms with Gasteiger partial charge in [0.05, 0.1) is 4.90 Å². The molecule has 3 aliphatic rings. The van der Waals surface area contributed by atoms with Crippen LogP contribution in [0.25, 0.3) is 5.76 Å². The molecule has 0 saturated carbocycles. The first-order valence-corrected chi connectivity index (χ1v) is 12.3. The van der Waals surface area contributed by atoms with Crippen molar-refractivity contribution >= 4 is 21.6 Å². The quantitative estimate of drug-likeness (QED) is 0.713. The Bertz CT molecular complexity index is 1210. The minimum Gasteiger partial charge on any atom is -0.486 e. The largest absolute Gasteiger partial charge is 0.486 e. The Kier molecular flexibility index (Phi) is 4.47. The molecule has 6 heteroatoms. The number of benzene rings is 2. The number of ketones is 1. The highest BCUT2D eigenvalue weighted by Crippen LogP contribution is 2.55. The van der Waals surface area contributed by atoms with Gasteiger partial charge in [0.1, 0.15) is 11.4 Å². The summed E-state index contributed by atoms with van der Waals surface area (Å²) in [5.41, 5.74) is 2.55. The van der Waals surface area contributed by atoms with Crippen molar-refractivity contribution in [2.45, 2.75) is 50.7 Å². The van der Waals surface area contributed by atoms with E-state index >= 15 is 0 Å². The van der Waals surface area contributed by atoms with Crippen molar-refractivity contribution in [1.29, 1.82) is 0 Å². The summed E-state index contributed by atoms with van der Waals surface area (Å²) in [5, 5.41) is 0. The molecule has 31 heavy (non-hydrogen) atoms. The maximum Gasteiger partial charge on any atom is 0.243 e. The van der Waals surface area contributed by atoms with Gasteiger partial charge < -0.3 is 4.74 Å². The highest BCUT2D eigenvalue weighted by molar-refractivity contribution is 7.89. The van der Waals surface area contributed by atoms with Crippen LogP contribution in [0.4, 0.5) is 0 Å². The second kappa shape index (κ2) is 6.78. The van der Waals surface area contributed by atoms with Gasteiger partial charge in [-0.2, -0.15) is 4.31 Å². The normalized spacial score (nSPS) is 27.0. The van der Waals surface area contributed by atoms with Crippen LogP contribution in [0.1, 0.15) is 48.7 Å². The zero-order chi connectivity index (χ0) is 22.1. The molecule has 162 valence electrons. The predicted octanol–water partition coefficient (Wildman–Crippen LogP) is 4.43. The van der Waals surface area contributed by atoms with E-state index in [9.17, 15) is 13.2 Å². The minimum atomic E-state index is -3.69. The summed E-state index contributed by atoms with van der Waals surface area (Å²) in [6, 6.07) is 14.2. The van der Waals surface area contributed by atoms with Gasteiger partial charge in [-0.25, -0.2) is 8.42 Å². The molecule has 5 rings (SSSR count). The Hall–Kier alpha value is -2.44. The molecule has 0 radical (unpaired) electrons. The summed E-state index contributed by atoms with van der Waals surface area (Å²) in [4.78, 5) is 13.7. The van der Waals surface area contributed by atoms with Crippen LogP contribution in [-0.4, -0.2) is 36.7 Å². The van der Waals surface area contributed by atoms with Crippen LogP contribution < -0.4 is 0 Å². The lowest BCUT2D eigenvalue weighted by molar-refractivity contribution is -0.00582. The second-order valence-corrected chi connectivity index (χ2v) is 11.2. The van der Waals surface area contributed by atoms with Crippen LogP contribution in [0.2, 0.25) is 0 Å². The van der Waals surface area contributed by atoms with E-state index < -0.39 is 15.6 Å². The number of carbonyl (C=O) groups is 1. The van der Waals surface area contributed by atoms with E-state index in [-0.39, 0.29) is 23.7 Å². The fourth-order valence-corrected chi connectivity index (χ4v) is 7.28. The topological polar surface area (TPSA) is 63.7 Å². The smallest absolute Gasteiger partial charge is 0.243 e. The molecule has 0 aromatic heterocycles. The van der Waals surface area contributed by atoms with Crippen molar-refractivity contribution in [1.82, 2.24) is 4.31 Å². The Morgan fingerprint density at radius 1 is 1.06 bits per heavy atom. The van der Waals surface area contributed by atoms with Gasteiger partial charge >= 0.3 is 0 Å². The summed E-state index contributed by atoms with van der Waals surface area (Å²) >= 11 is 0. The molecule has 0 N–H and O–H groups in total. The number of carbonyl (C=O) groups excluding carboxylic acids is 1. The lowest BCUT2D eigenvalue weighted by atomic mass is 9.72. The molecular weight excluding hydrogens is 410 g/mol. The van der Waals surface area contributed by atoms with Gasteiger partial charge in [-0.05, 0) is 39.3 Å². The van der Waals surface area contributed by atoms with E-state index in [1.165, 1.54) is 0 Å². The number of rotatable bonds is 3. The summed E-state index contributed by atoms with van der Waals surface area (Å²) in [6.45, 7) is 8.29. The molecule has 1 saturated heterocycles. The summed E-state index contributed by atoms with van der Waals surface area (Å²) in [6.07, 6.45) is 0.628. The third kappa shape index (κ3) is 2.84. The van der Waals surface area contributed by atoms with E-state index in [4.69, 9.17) is 4.74 Å². The van der Waals surface area contributed by atoms with Crippen molar-refractivity contribution in [2.24, 2.45) is 11.8 Å². The van der Waals surface area contributed by atoms with Crippen LogP contribution in [0, 0.1) is 18.8 Å². The third-order valence-corrected chi connectivity index (χ3v) is 9.04. The van der Waals surface area contributed by atoms with Gasteiger partial charge in [0.15, 0.2) is 5.78 Å². The molecule has 1 fully saturated rings. The van der Waals surface area contributed by atoms with Gasteiger partial charge in [0, 0.05) is 41.1 Å². The number of hydrogen-bond acceptors (Lipinski definition) is 4. The first-order chi connectivity index (χ1) is 14.7. The first-order valence-electron chi connectivity index (χ1n) is 10.8. The Morgan fingerprint density at radius 3 is 2.35 bits per heavy atom. The monoisotopic (exact) mass is 437 g/mol. The number of hydrogen-bond donors (Lipinski definition) is 0. The van der Waals surface area contributed by atoms with E-state index in [1.807, 2.05) is 64.1 Å². The van der Waals surface area contributed by atoms with E-state index in [2.05, 4.69) is 0 Å². The molecule has 2 aromatic carbocycles. The van der Waals surface area contributed by atoms with Crippen molar-refractivity contribution in [2.75, 3.05) is 6.54 Å². The van der Waals surface area contributed by atoms with E-state index in [1.54, 1.807) is 16.4 Å². The number of Topliss-reactive ketones (excluding diaryl/α,β-unsaturated/α-hetero) is 1. The maximum absolute atomic E-state index is 13.6. The van der Waals surface area contributed by atoms with Gasteiger partial charge in [-0.15, -0.1) is 0 Å². The first kappa shape index (κ1) is 20.5. The Morgan fingerprint density at radius 2 is 1.71 bits per heavy atom. The van der Waals surface area contributed by atoms with Gasteiger partial charge in [0.25, 0.3) is 0 Å². The average molecular weight is 438 g/mol. The fraction of sp³-hybridized carbons (Fsp3) is 0.400. The molecule has 0 spiro atoms. The Labute approximate surface area is 183 Å². The molecule has 2 aliphatic heterocycles. The zero-order valence-corrected chi connectivity index (χ0v) is 19.1. The summed E-state index contributed by atoms with van der Waals surface area (Å²) in [5.74, 6) is 0.322. The van der Waals surface area contributed by atoms with Crippen molar-refractivity contribution in [3.63, 3.8) is 0 Å². The SMILES string of the molecule is CCC1[C@@H]2C3=C(OC(C)(C)[C@H]2CN1S(=O)(=O)c1ccc(C)cc1)c1ccccc1C3=O. The average Bonchev–Trinajstić information content (AvgIpc) is 3.26. The predicted molar refractivity (Wildman–Crippen MR) is 119 cm³/mol. The highest BCUT2D eigenvalue weighted by atomic mass is 32.2. The molecule has 3 atom stereocenters. The van der Waals surface area contributed by atoms with Crippen LogP contribution in [0.15, 0.2) is 59.0 Å². The van der Waals surface area contributed by atoms with Crippen molar-refractivity contribution in [3.05, 3.63) is 70.8 Å². The van der Waals surface area contributed by atoms with Crippen molar-refractivity contribution < 1.29 is 17.9 Å². The Balaban J connectivity index is 1.64.